The summed E-state index contributed by atoms with van der Waals surface area (Å²) in [7, 11) is 0. The minimum absolute atomic E-state index is 0.0680. The molecule has 0 radical (unpaired) electrons. The summed E-state index contributed by atoms with van der Waals surface area (Å²) in [6.07, 6.45) is 0. The van der Waals surface area contributed by atoms with Crippen LogP contribution in [0.5, 0.6) is 5.75 Å². The Labute approximate surface area is 118 Å². The summed E-state index contributed by atoms with van der Waals surface area (Å²) in [5, 5.41) is 2.80. The van der Waals surface area contributed by atoms with E-state index in [1.807, 2.05) is 36.4 Å². The van der Waals surface area contributed by atoms with Crippen molar-refractivity contribution in [3.05, 3.63) is 54.1 Å². The molecule has 0 saturated carbocycles. The maximum Gasteiger partial charge on any atom is 0.221 e. The number of carbonyl (C=O) groups is 1. The molecule has 0 fully saturated rings. The van der Waals surface area contributed by atoms with Gasteiger partial charge in [0, 0.05) is 30.4 Å². The molecule has 2 aromatic carbocycles. The zero-order valence-electron chi connectivity index (χ0n) is 11.3. The third-order valence-corrected chi connectivity index (χ3v) is 3.24. The summed E-state index contributed by atoms with van der Waals surface area (Å²) in [6.45, 7) is 2.81. The number of benzene rings is 2. The Morgan fingerprint density at radius 1 is 1.20 bits per heavy atom. The molecule has 1 amide bonds. The van der Waals surface area contributed by atoms with Gasteiger partial charge in [-0.25, -0.2) is 0 Å². The Kier molecular flexibility index (Phi) is 3.29. The molecule has 1 heterocycles. The fourth-order valence-electron chi connectivity index (χ4n) is 2.33. The van der Waals surface area contributed by atoms with Gasteiger partial charge in [0.2, 0.25) is 5.91 Å². The number of para-hydroxylation sites is 1. The van der Waals surface area contributed by atoms with Gasteiger partial charge < -0.3 is 15.0 Å². The van der Waals surface area contributed by atoms with Crippen LogP contribution in [0.3, 0.4) is 0 Å². The van der Waals surface area contributed by atoms with Crippen LogP contribution in [0.2, 0.25) is 0 Å². The molecule has 0 saturated heterocycles. The lowest BCUT2D eigenvalue weighted by molar-refractivity contribution is -0.114. The zero-order valence-corrected chi connectivity index (χ0v) is 11.3. The van der Waals surface area contributed by atoms with Gasteiger partial charge in [-0.2, -0.15) is 0 Å². The van der Waals surface area contributed by atoms with Crippen molar-refractivity contribution in [2.45, 2.75) is 13.5 Å². The molecule has 4 heteroatoms. The highest BCUT2D eigenvalue weighted by Gasteiger charge is 2.17. The highest BCUT2D eigenvalue weighted by Crippen LogP contribution is 2.30. The first-order valence-corrected chi connectivity index (χ1v) is 6.56. The maximum atomic E-state index is 11.1. The van der Waals surface area contributed by atoms with Crippen molar-refractivity contribution in [3.8, 4) is 5.75 Å². The lowest BCUT2D eigenvalue weighted by Gasteiger charge is -2.31. The van der Waals surface area contributed by atoms with Gasteiger partial charge in [0.05, 0.1) is 0 Å². The minimum Gasteiger partial charge on any atom is -0.473 e. The number of nitrogens with zero attached hydrogens (tertiary/aromatic N) is 1. The molecule has 4 nitrogen and oxygen atoms in total. The lowest BCUT2D eigenvalue weighted by Crippen LogP contribution is -2.31. The molecular formula is C16H16N2O2. The van der Waals surface area contributed by atoms with E-state index in [9.17, 15) is 4.79 Å². The summed E-state index contributed by atoms with van der Waals surface area (Å²) < 4.78 is 5.76. The Morgan fingerprint density at radius 2 is 2.00 bits per heavy atom. The topological polar surface area (TPSA) is 41.6 Å². The van der Waals surface area contributed by atoms with Crippen LogP contribution >= 0.6 is 0 Å². The lowest BCUT2D eigenvalue weighted by atomic mass is 10.1. The van der Waals surface area contributed by atoms with Crippen LogP contribution in [0.1, 0.15) is 12.5 Å². The first-order valence-electron chi connectivity index (χ1n) is 6.56. The second-order valence-corrected chi connectivity index (χ2v) is 4.81. The van der Waals surface area contributed by atoms with E-state index in [4.69, 9.17) is 4.74 Å². The molecule has 1 aliphatic rings. The van der Waals surface area contributed by atoms with Crippen LogP contribution in [0, 0.1) is 0 Å². The molecular weight excluding hydrogens is 252 g/mol. The highest BCUT2D eigenvalue weighted by molar-refractivity contribution is 5.88. The standard InChI is InChI=1S/C16H16N2O2/c1-12(19)17-14-7-8-16-13(9-14)10-18(11-20-16)15-5-3-2-4-6-15/h2-9H,10-11H2,1H3,(H,17,19). The van der Waals surface area contributed by atoms with Crippen molar-refractivity contribution in [1.29, 1.82) is 0 Å². The van der Waals surface area contributed by atoms with Gasteiger partial charge in [0.1, 0.15) is 5.75 Å². The number of rotatable bonds is 2. The molecule has 102 valence electrons. The SMILES string of the molecule is CC(=O)Nc1ccc2c(c1)CN(c1ccccc1)CO2. The quantitative estimate of drug-likeness (QED) is 0.910. The second-order valence-electron chi connectivity index (χ2n) is 4.81. The molecule has 3 rings (SSSR count). The van der Waals surface area contributed by atoms with Crippen LogP contribution in [-0.2, 0) is 11.3 Å². The predicted octanol–water partition coefficient (Wildman–Crippen LogP) is 3.00. The van der Waals surface area contributed by atoms with E-state index in [1.54, 1.807) is 0 Å². The molecule has 0 aliphatic carbocycles. The molecule has 0 unspecified atom stereocenters. The van der Waals surface area contributed by atoms with E-state index in [1.165, 1.54) is 6.92 Å². The third kappa shape index (κ3) is 2.59. The zero-order chi connectivity index (χ0) is 13.9. The fourth-order valence-corrected chi connectivity index (χ4v) is 2.33. The predicted molar refractivity (Wildman–Crippen MR) is 78.9 cm³/mol. The first-order chi connectivity index (χ1) is 9.72. The van der Waals surface area contributed by atoms with Crippen LogP contribution in [0.4, 0.5) is 11.4 Å². The van der Waals surface area contributed by atoms with Crippen LogP contribution in [-0.4, -0.2) is 12.6 Å². The average molecular weight is 268 g/mol. The van der Waals surface area contributed by atoms with Crippen LogP contribution in [0.15, 0.2) is 48.5 Å². The largest absolute Gasteiger partial charge is 0.473 e. The Bertz CT molecular complexity index is 626. The van der Waals surface area contributed by atoms with Gasteiger partial charge in [-0.15, -0.1) is 0 Å². The summed E-state index contributed by atoms with van der Waals surface area (Å²) in [6, 6.07) is 15.9. The van der Waals surface area contributed by atoms with Crippen molar-refractivity contribution in [3.63, 3.8) is 0 Å². The smallest absolute Gasteiger partial charge is 0.221 e. The number of hydrogen-bond acceptors (Lipinski definition) is 3. The highest BCUT2D eigenvalue weighted by atomic mass is 16.5. The van der Waals surface area contributed by atoms with Crippen molar-refractivity contribution >= 4 is 17.3 Å². The van der Waals surface area contributed by atoms with Gasteiger partial charge >= 0.3 is 0 Å². The molecule has 20 heavy (non-hydrogen) atoms. The minimum atomic E-state index is -0.0680. The number of amides is 1. The van der Waals surface area contributed by atoms with Crippen molar-refractivity contribution in [1.82, 2.24) is 0 Å². The van der Waals surface area contributed by atoms with Gasteiger partial charge in [-0.05, 0) is 30.3 Å². The fraction of sp³-hybridized carbons (Fsp3) is 0.188. The average Bonchev–Trinajstić information content (AvgIpc) is 2.47. The Balaban J connectivity index is 1.84. The number of anilines is 2. The van der Waals surface area contributed by atoms with Gasteiger partial charge in [0.25, 0.3) is 0 Å². The molecule has 0 atom stereocenters. The first kappa shape index (κ1) is 12.5. The second kappa shape index (κ2) is 5.25. The van der Waals surface area contributed by atoms with Crippen molar-refractivity contribution < 1.29 is 9.53 Å². The Hall–Kier alpha value is -2.49. The third-order valence-electron chi connectivity index (χ3n) is 3.24. The van der Waals surface area contributed by atoms with Gasteiger partial charge in [0.15, 0.2) is 6.73 Å². The number of carbonyl (C=O) groups excluding carboxylic acids is 1. The van der Waals surface area contributed by atoms with Gasteiger partial charge in [-0.3, -0.25) is 4.79 Å². The van der Waals surface area contributed by atoms with E-state index in [2.05, 4.69) is 22.3 Å². The van der Waals surface area contributed by atoms with E-state index < -0.39 is 0 Å². The molecule has 1 aliphatic heterocycles. The number of fused-ring (bicyclic) bond motifs is 1. The van der Waals surface area contributed by atoms with E-state index in [0.717, 1.165) is 29.2 Å². The molecule has 0 spiro atoms. The number of hydrogen-bond donors (Lipinski definition) is 1. The van der Waals surface area contributed by atoms with E-state index >= 15 is 0 Å². The van der Waals surface area contributed by atoms with E-state index in [-0.39, 0.29) is 5.91 Å². The number of ether oxygens (including phenoxy) is 1. The Morgan fingerprint density at radius 3 is 2.75 bits per heavy atom. The summed E-state index contributed by atoms with van der Waals surface area (Å²) in [4.78, 5) is 13.3. The molecule has 2 aromatic rings. The van der Waals surface area contributed by atoms with Gasteiger partial charge in [-0.1, -0.05) is 18.2 Å². The maximum absolute atomic E-state index is 11.1. The molecule has 0 aromatic heterocycles. The molecule has 0 bridgehead atoms. The van der Waals surface area contributed by atoms with Crippen LogP contribution in [0.25, 0.3) is 0 Å². The number of nitrogens with one attached hydrogen (secondary N) is 1. The normalized spacial score (nSPS) is 13.3. The van der Waals surface area contributed by atoms with Crippen LogP contribution < -0.4 is 15.0 Å². The van der Waals surface area contributed by atoms with Crippen molar-refractivity contribution in [2.24, 2.45) is 0 Å². The summed E-state index contributed by atoms with van der Waals surface area (Å²) in [5.41, 5.74) is 3.00. The molecule has 1 N–H and O–H groups in total. The monoisotopic (exact) mass is 268 g/mol. The summed E-state index contributed by atoms with van der Waals surface area (Å²) in [5.74, 6) is 0.813. The van der Waals surface area contributed by atoms with Crippen molar-refractivity contribution in [2.75, 3.05) is 16.9 Å². The van der Waals surface area contributed by atoms with E-state index in [0.29, 0.717) is 6.73 Å². The summed E-state index contributed by atoms with van der Waals surface area (Å²) >= 11 is 0.